The second kappa shape index (κ2) is 20.3. The number of ether oxygens (including phenoxy) is 2. The summed E-state index contributed by atoms with van der Waals surface area (Å²) < 4.78 is 9.85. The van der Waals surface area contributed by atoms with Gasteiger partial charge in [-0.25, -0.2) is 9.59 Å². The van der Waals surface area contributed by atoms with E-state index in [2.05, 4.69) is 10.1 Å². The van der Waals surface area contributed by atoms with Crippen LogP contribution in [0.2, 0.25) is 0 Å². The number of rotatable bonds is 8. The first-order chi connectivity index (χ1) is 19.0. The van der Waals surface area contributed by atoms with E-state index in [0.29, 0.717) is 19.1 Å². The Kier molecular flexibility index (Phi) is 16.9. The highest BCUT2D eigenvalue weighted by molar-refractivity contribution is 6.61. The predicted molar refractivity (Wildman–Crippen MR) is 152 cm³/mol. The Morgan fingerprint density at radius 2 is 1.23 bits per heavy atom. The van der Waals surface area contributed by atoms with Crippen molar-refractivity contribution in [3.05, 3.63) is 71.8 Å². The number of piperidine rings is 2. The minimum atomic E-state index is -0.770. The highest BCUT2D eigenvalue weighted by Gasteiger charge is 2.23. The maximum absolute atomic E-state index is 11.9. The van der Waals surface area contributed by atoms with Gasteiger partial charge in [-0.2, -0.15) is 0 Å². The molecule has 39 heavy (non-hydrogen) atoms. The van der Waals surface area contributed by atoms with Crippen LogP contribution in [0.15, 0.2) is 60.7 Å². The van der Waals surface area contributed by atoms with Crippen molar-refractivity contribution in [1.29, 1.82) is 0 Å². The second-order valence-electron chi connectivity index (χ2n) is 9.70. The monoisotopic (exact) mass is 562 g/mol. The quantitative estimate of drug-likeness (QED) is 0.372. The van der Waals surface area contributed by atoms with Gasteiger partial charge >= 0.3 is 11.5 Å². The first-order valence-corrected chi connectivity index (χ1v) is 14.1. The molecule has 9 heteroatoms. The van der Waals surface area contributed by atoms with Crippen molar-refractivity contribution in [3.8, 4) is 0 Å². The Morgan fingerprint density at radius 3 is 1.69 bits per heavy atom. The fourth-order valence-corrected chi connectivity index (χ4v) is 4.52. The molecule has 4 rings (SSSR count). The first-order valence-electron chi connectivity index (χ1n) is 13.8. The molecule has 2 aliphatic rings. The standard InChI is InChI=1S/C15H21NO3.C8H7ClO2.C7H15NO/c17-11-8-13-6-9-16(10-7-13)15(18)19-12-14-4-2-1-3-5-14;9-8(10)11-6-7-4-2-1-3-5-7;9-6-3-7-1-4-8-5-2-7/h1-5,13,17H,6-12H2;1-5H,6H2;7-9H,1-6H2. The molecule has 2 aromatic rings. The molecular formula is C30H43ClN2O6. The number of hydrogen-bond donors (Lipinski definition) is 3. The average molecular weight is 563 g/mol. The lowest BCUT2D eigenvalue weighted by Crippen LogP contribution is -2.38. The fraction of sp³-hybridized carbons (Fsp3) is 0.533. The number of hydrogen-bond acceptors (Lipinski definition) is 7. The van der Waals surface area contributed by atoms with Crippen LogP contribution in [-0.2, 0) is 22.7 Å². The number of carbonyl (C=O) groups excluding carboxylic acids is 2. The van der Waals surface area contributed by atoms with E-state index < -0.39 is 5.43 Å². The fourth-order valence-electron chi connectivity index (χ4n) is 4.46. The number of nitrogens with one attached hydrogen (secondary N) is 1. The molecule has 0 saturated carbocycles. The number of likely N-dealkylation sites (tertiary alicyclic amines) is 1. The number of halogens is 1. The lowest BCUT2D eigenvalue weighted by atomic mass is 9.94. The van der Waals surface area contributed by atoms with Crippen LogP contribution >= 0.6 is 11.6 Å². The van der Waals surface area contributed by atoms with E-state index in [1.54, 1.807) is 4.90 Å². The van der Waals surface area contributed by atoms with Crippen molar-refractivity contribution in [2.75, 3.05) is 39.4 Å². The molecule has 2 aromatic carbocycles. The Hall–Kier alpha value is -2.65. The van der Waals surface area contributed by atoms with Crippen LogP contribution in [0, 0.1) is 11.8 Å². The molecule has 8 nitrogen and oxygen atoms in total. The van der Waals surface area contributed by atoms with Gasteiger partial charge in [-0.1, -0.05) is 60.7 Å². The minimum Gasteiger partial charge on any atom is -0.449 e. The molecule has 2 heterocycles. The zero-order valence-electron chi connectivity index (χ0n) is 22.7. The molecule has 0 spiro atoms. The van der Waals surface area contributed by atoms with E-state index in [0.717, 1.165) is 68.9 Å². The van der Waals surface area contributed by atoms with Crippen molar-refractivity contribution < 1.29 is 29.3 Å². The smallest absolute Gasteiger partial charge is 0.410 e. The highest BCUT2D eigenvalue weighted by Crippen LogP contribution is 2.20. The lowest BCUT2D eigenvalue weighted by Gasteiger charge is -2.31. The molecule has 3 N–H and O–H groups in total. The van der Waals surface area contributed by atoms with Crippen molar-refractivity contribution >= 4 is 23.1 Å². The molecular weight excluding hydrogens is 520 g/mol. The summed E-state index contributed by atoms with van der Waals surface area (Å²) in [6, 6.07) is 19.1. The van der Waals surface area contributed by atoms with Crippen LogP contribution in [0.25, 0.3) is 0 Å². The van der Waals surface area contributed by atoms with E-state index in [9.17, 15) is 9.59 Å². The van der Waals surface area contributed by atoms with Gasteiger partial charge in [-0.15, -0.1) is 0 Å². The zero-order valence-corrected chi connectivity index (χ0v) is 23.4. The summed E-state index contributed by atoms with van der Waals surface area (Å²) in [6.45, 7) is 4.93. The third kappa shape index (κ3) is 14.9. The van der Waals surface area contributed by atoms with Crippen LogP contribution in [0.5, 0.6) is 0 Å². The third-order valence-electron chi connectivity index (χ3n) is 6.81. The molecule has 0 unspecified atom stereocenters. The molecule has 1 amide bonds. The van der Waals surface area contributed by atoms with E-state index >= 15 is 0 Å². The summed E-state index contributed by atoms with van der Waals surface area (Å²) in [7, 11) is 0. The van der Waals surface area contributed by atoms with Gasteiger partial charge in [0, 0.05) is 37.9 Å². The van der Waals surface area contributed by atoms with Crippen molar-refractivity contribution in [2.45, 2.75) is 51.7 Å². The van der Waals surface area contributed by atoms with Crippen LogP contribution in [0.4, 0.5) is 9.59 Å². The molecule has 0 atom stereocenters. The summed E-state index contributed by atoms with van der Waals surface area (Å²) in [6.07, 6.45) is 6.03. The number of benzene rings is 2. The summed E-state index contributed by atoms with van der Waals surface area (Å²) in [5.41, 5.74) is 1.17. The summed E-state index contributed by atoms with van der Waals surface area (Å²) >= 11 is 4.97. The van der Waals surface area contributed by atoms with E-state index in [4.69, 9.17) is 26.6 Å². The maximum atomic E-state index is 11.9. The van der Waals surface area contributed by atoms with Gasteiger partial charge in [-0.3, -0.25) is 0 Å². The average Bonchev–Trinajstić information content (AvgIpc) is 2.98. The minimum absolute atomic E-state index is 0.230. The van der Waals surface area contributed by atoms with Gasteiger partial charge in [-0.05, 0) is 74.6 Å². The molecule has 0 aromatic heterocycles. The predicted octanol–water partition coefficient (Wildman–Crippen LogP) is 5.35. The Balaban J connectivity index is 0.000000226. The van der Waals surface area contributed by atoms with Gasteiger partial charge in [0.1, 0.15) is 13.2 Å². The largest absolute Gasteiger partial charge is 0.449 e. The van der Waals surface area contributed by atoms with Crippen LogP contribution in [0.3, 0.4) is 0 Å². The van der Waals surface area contributed by atoms with Crippen molar-refractivity contribution in [2.24, 2.45) is 11.8 Å². The molecule has 2 fully saturated rings. The van der Waals surface area contributed by atoms with Crippen LogP contribution < -0.4 is 5.32 Å². The van der Waals surface area contributed by atoms with Gasteiger partial charge in [0.15, 0.2) is 0 Å². The summed E-state index contributed by atoms with van der Waals surface area (Å²) in [4.78, 5) is 23.8. The summed E-state index contributed by atoms with van der Waals surface area (Å²) in [5.74, 6) is 1.33. The number of amides is 1. The van der Waals surface area contributed by atoms with Gasteiger partial charge < -0.3 is 29.9 Å². The molecule has 216 valence electrons. The van der Waals surface area contributed by atoms with Gasteiger partial charge in [0.2, 0.25) is 0 Å². The Labute approximate surface area is 237 Å². The topological polar surface area (TPSA) is 108 Å². The highest BCUT2D eigenvalue weighted by atomic mass is 35.5. The molecule has 2 saturated heterocycles. The van der Waals surface area contributed by atoms with Gasteiger partial charge in [0.25, 0.3) is 0 Å². The molecule has 0 aliphatic carbocycles. The molecule has 2 aliphatic heterocycles. The van der Waals surface area contributed by atoms with Crippen LogP contribution in [-0.4, -0.2) is 66.0 Å². The number of aliphatic hydroxyl groups excluding tert-OH is 2. The number of nitrogens with zero attached hydrogens (tertiary/aromatic N) is 1. The Morgan fingerprint density at radius 1 is 0.769 bits per heavy atom. The Bertz CT molecular complexity index is 901. The van der Waals surface area contributed by atoms with Crippen LogP contribution in [0.1, 0.15) is 49.7 Å². The van der Waals surface area contributed by atoms with Crippen molar-refractivity contribution in [1.82, 2.24) is 10.2 Å². The molecule has 0 bridgehead atoms. The normalized spacial score (nSPS) is 15.7. The maximum Gasteiger partial charge on any atom is 0.410 e. The zero-order chi connectivity index (χ0) is 28.1. The van der Waals surface area contributed by atoms with E-state index in [1.165, 1.54) is 12.8 Å². The SMILES string of the molecule is O=C(Cl)OCc1ccccc1.O=C(OCc1ccccc1)N1CCC(CCO)CC1.OCCC1CCNCC1. The first kappa shape index (κ1) is 32.6. The van der Waals surface area contributed by atoms with E-state index in [-0.39, 0.29) is 19.3 Å². The number of aliphatic hydroxyl groups is 2. The van der Waals surface area contributed by atoms with Crippen molar-refractivity contribution in [3.63, 3.8) is 0 Å². The molecule has 0 radical (unpaired) electrons. The second-order valence-corrected chi connectivity index (χ2v) is 10.0. The summed E-state index contributed by atoms with van der Waals surface area (Å²) in [5, 5.41) is 20.8. The van der Waals surface area contributed by atoms with E-state index in [1.807, 2.05) is 60.7 Å². The lowest BCUT2D eigenvalue weighted by molar-refractivity contribution is 0.0795. The third-order valence-corrected chi connectivity index (χ3v) is 6.92. The number of carbonyl (C=O) groups is 2. The van der Waals surface area contributed by atoms with Gasteiger partial charge in [0.05, 0.1) is 0 Å².